The first-order valence-corrected chi connectivity index (χ1v) is 7.54. The van der Waals surface area contributed by atoms with Gasteiger partial charge in [-0.3, -0.25) is 0 Å². The summed E-state index contributed by atoms with van der Waals surface area (Å²) < 4.78 is 35.9. The SMILES string of the molecule is CCCN1CCCC(NCCCCC(F)(F)F)CC1. The molecular formula is C14H27F3N2. The third kappa shape index (κ3) is 8.47. The Morgan fingerprint density at radius 2 is 1.95 bits per heavy atom. The van der Waals surface area contributed by atoms with E-state index < -0.39 is 12.6 Å². The fourth-order valence-corrected chi connectivity index (χ4v) is 2.66. The molecule has 0 spiro atoms. The van der Waals surface area contributed by atoms with Gasteiger partial charge in [0, 0.05) is 12.5 Å². The molecule has 5 heteroatoms. The van der Waals surface area contributed by atoms with Crippen molar-refractivity contribution >= 4 is 0 Å². The number of alkyl halides is 3. The summed E-state index contributed by atoms with van der Waals surface area (Å²) in [4.78, 5) is 2.49. The highest BCUT2D eigenvalue weighted by Gasteiger charge is 2.25. The van der Waals surface area contributed by atoms with Crippen molar-refractivity contribution in [2.45, 2.75) is 64.1 Å². The van der Waals surface area contributed by atoms with Gasteiger partial charge in [-0.2, -0.15) is 13.2 Å². The predicted octanol–water partition coefficient (Wildman–Crippen LogP) is 3.57. The molecule has 1 atom stereocenters. The van der Waals surface area contributed by atoms with Gasteiger partial charge in [0.2, 0.25) is 0 Å². The molecule has 1 N–H and O–H groups in total. The van der Waals surface area contributed by atoms with Crippen LogP contribution in [-0.2, 0) is 0 Å². The van der Waals surface area contributed by atoms with Crippen molar-refractivity contribution in [3.63, 3.8) is 0 Å². The van der Waals surface area contributed by atoms with E-state index in [0.717, 1.165) is 25.9 Å². The summed E-state index contributed by atoms with van der Waals surface area (Å²) in [6.07, 6.45) is 0.876. The second-order valence-electron chi connectivity index (χ2n) is 5.50. The van der Waals surface area contributed by atoms with Gasteiger partial charge in [0.15, 0.2) is 0 Å². The summed E-state index contributed by atoms with van der Waals surface area (Å²) in [6, 6.07) is 0.493. The van der Waals surface area contributed by atoms with Crippen LogP contribution in [0.25, 0.3) is 0 Å². The molecule has 0 radical (unpaired) electrons. The molecule has 114 valence electrons. The molecule has 0 aromatic carbocycles. The van der Waals surface area contributed by atoms with Crippen LogP contribution >= 0.6 is 0 Å². The van der Waals surface area contributed by atoms with Gasteiger partial charge in [-0.15, -0.1) is 0 Å². The van der Waals surface area contributed by atoms with Gasteiger partial charge in [0.05, 0.1) is 0 Å². The molecule has 0 aromatic rings. The lowest BCUT2D eigenvalue weighted by atomic mass is 10.1. The molecule has 1 aliphatic rings. The summed E-state index contributed by atoms with van der Waals surface area (Å²) in [7, 11) is 0. The zero-order valence-corrected chi connectivity index (χ0v) is 11.9. The number of nitrogens with zero attached hydrogens (tertiary/aromatic N) is 1. The molecule has 0 bridgehead atoms. The van der Waals surface area contributed by atoms with Crippen molar-refractivity contribution in [1.29, 1.82) is 0 Å². The number of unbranched alkanes of at least 4 members (excludes halogenated alkanes) is 1. The monoisotopic (exact) mass is 280 g/mol. The van der Waals surface area contributed by atoms with Crippen LogP contribution in [0.2, 0.25) is 0 Å². The Labute approximate surface area is 114 Å². The average molecular weight is 280 g/mol. The zero-order valence-electron chi connectivity index (χ0n) is 11.9. The van der Waals surface area contributed by atoms with Crippen LogP contribution in [0.3, 0.4) is 0 Å². The lowest BCUT2D eigenvalue weighted by molar-refractivity contribution is -0.135. The van der Waals surface area contributed by atoms with E-state index in [0.29, 0.717) is 19.0 Å². The van der Waals surface area contributed by atoms with E-state index in [-0.39, 0.29) is 6.42 Å². The van der Waals surface area contributed by atoms with E-state index in [1.807, 2.05) is 0 Å². The first-order valence-electron chi connectivity index (χ1n) is 7.54. The van der Waals surface area contributed by atoms with Crippen LogP contribution in [0.1, 0.15) is 51.9 Å². The van der Waals surface area contributed by atoms with E-state index >= 15 is 0 Å². The lowest BCUT2D eigenvalue weighted by Gasteiger charge is -2.19. The molecule has 1 unspecified atom stereocenters. The smallest absolute Gasteiger partial charge is 0.314 e. The normalized spacial score (nSPS) is 22.4. The van der Waals surface area contributed by atoms with E-state index in [9.17, 15) is 13.2 Å². The zero-order chi connectivity index (χ0) is 14.1. The maximum atomic E-state index is 12.0. The van der Waals surface area contributed by atoms with Crippen molar-refractivity contribution in [1.82, 2.24) is 10.2 Å². The van der Waals surface area contributed by atoms with E-state index in [4.69, 9.17) is 0 Å². The quantitative estimate of drug-likeness (QED) is 0.717. The molecule has 0 aliphatic carbocycles. The molecule has 1 rings (SSSR count). The van der Waals surface area contributed by atoms with Crippen LogP contribution in [0.5, 0.6) is 0 Å². The van der Waals surface area contributed by atoms with Gasteiger partial charge in [-0.25, -0.2) is 0 Å². The standard InChI is InChI=1S/C14H27F3N2/c1-2-10-19-11-5-6-13(7-12-19)18-9-4-3-8-14(15,16)17/h13,18H,2-12H2,1H3. The minimum atomic E-state index is -4.00. The number of rotatable bonds is 7. The van der Waals surface area contributed by atoms with E-state index in [1.165, 1.54) is 19.4 Å². The van der Waals surface area contributed by atoms with Gasteiger partial charge in [0.1, 0.15) is 0 Å². The minimum Gasteiger partial charge on any atom is -0.314 e. The van der Waals surface area contributed by atoms with Crippen LogP contribution in [0, 0.1) is 0 Å². The molecule has 0 aromatic heterocycles. The van der Waals surface area contributed by atoms with Gasteiger partial charge in [-0.05, 0) is 64.7 Å². The Kier molecular flexibility index (Phi) is 7.76. The van der Waals surface area contributed by atoms with Crippen LogP contribution < -0.4 is 5.32 Å². The first-order chi connectivity index (χ1) is 9.01. The van der Waals surface area contributed by atoms with Crippen molar-refractivity contribution in [2.75, 3.05) is 26.2 Å². The van der Waals surface area contributed by atoms with Crippen LogP contribution in [-0.4, -0.2) is 43.3 Å². The highest BCUT2D eigenvalue weighted by molar-refractivity contribution is 4.74. The molecule has 1 aliphatic heterocycles. The fraction of sp³-hybridized carbons (Fsp3) is 1.00. The maximum Gasteiger partial charge on any atom is 0.389 e. The Hall–Kier alpha value is -0.290. The van der Waals surface area contributed by atoms with Crippen LogP contribution in [0.4, 0.5) is 13.2 Å². The summed E-state index contributed by atoms with van der Waals surface area (Å²) in [5.41, 5.74) is 0. The van der Waals surface area contributed by atoms with Gasteiger partial charge >= 0.3 is 6.18 Å². The van der Waals surface area contributed by atoms with Gasteiger partial charge in [0.25, 0.3) is 0 Å². The third-order valence-corrected chi connectivity index (χ3v) is 3.68. The molecule has 1 fully saturated rings. The van der Waals surface area contributed by atoms with E-state index in [2.05, 4.69) is 17.1 Å². The summed E-state index contributed by atoms with van der Waals surface area (Å²) in [6.45, 7) is 6.36. The van der Waals surface area contributed by atoms with Gasteiger partial charge < -0.3 is 10.2 Å². The molecular weight excluding hydrogens is 253 g/mol. The number of hydrogen-bond acceptors (Lipinski definition) is 2. The number of nitrogens with one attached hydrogen (secondary N) is 1. The molecule has 19 heavy (non-hydrogen) atoms. The summed E-state index contributed by atoms with van der Waals surface area (Å²) in [5.74, 6) is 0. The molecule has 1 saturated heterocycles. The van der Waals surface area contributed by atoms with E-state index in [1.54, 1.807) is 0 Å². The van der Waals surface area contributed by atoms with Crippen molar-refractivity contribution in [3.05, 3.63) is 0 Å². The maximum absolute atomic E-state index is 12.0. The predicted molar refractivity (Wildman–Crippen MR) is 72.3 cm³/mol. The van der Waals surface area contributed by atoms with Crippen molar-refractivity contribution in [3.8, 4) is 0 Å². The fourth-order valence-electron chi connectivity index (χ4n) is 2.66. The number of hydrogen-bond donors (Lipinski definition) is 1. The molecule has 1 heterocycles. The molecule has 0 saturated carbocycles. The Morgan fingerprint density at radius 1 is 1.16 bits per heavy atom. The van der Waals surface area contributed by atoms with Gasteiger partial charge in [-0.1, -0.05) is 6.92 Å². The van der Waals surface area contributed by atoms with Crippen LogP contribution in [0.15, 0.2) is 0 Å². The van der Waals surface area contributed by atoms with Crippen molar-refractivity contribution < 1.29 is 13.2 Å². The Balaban J connectivity index is 2.06. The minimum absolute atomic E-state index is 0.241. The number of likely N-dealkylation sites (tertiary alicyclic amines) is 1. The summed E-state index contributed by atoms with van der Waals surface area (Å²) >= 11 is 0. The number of halogens is 3. The average Bonchev–Trinajstić information content (AvgIpc) is 2.54. The summed E-state index contributed by atoms with van der Waals surface area (Å²) in [5, 5.41) is 3.42. The second kappa shape index (κ2) is 8.80. The topological polar surface area (TPSA) is 15.3 Å². The first kappa shape index (κ1) is 16.8. The highest BCUT2D eigenvalue weighted by atomic mass is 19.4. The molecule has 2 nitrogen and oxygen atoms in total. The second-order valence-corrected chi connectivity index (χ2v) is 5.50. The Bertz CT molecular complexity index is 231. The third-order valence-electron chi connectivity index (χ3n) is 3.68. The highest BCUT2D eigenvalue weighted by Crippen LogP contribution is 2.22. The molecule has 0 amide bonds. The largest absolute Gasteiger partial charge is 0.389 e. The lowest BCUT2D eigenvalue weighted by Crippen LogP contribution is -2.32. The Morgan fingerprint density at radius 3 is 2.63 bits per heavy atom. The van der Waals surface area contributed by atoms with Crippen molar-refractivity contribution in [2.24, 2.45) is 0 Å².